The predicted octanol–water partition coefficient (Wildman–Crippen LogP) is -1.92. The van der Waals surface area contributed by atoms with Crippen LogP contribution in [0.15, 0.2) is 9.40 Å². The van der Waals surface area contributed by atoms with Crippen molar-refractivity contribution in [3.63, 3.8) is 0 Å². The Bertz CT molecular complexity index is 745. The zero-order valence-corrected chi connectivity index (χ0v) is 12.1. The molecule has 2 aromatic rings. The molecule has 0 aliphatic carbocycles. The molecule has 0 aromatic carbocycles. The topological polar surface area (TPSA) is 160 Å². The summed E-state index contributed by atoms with van der Waals surface area (Å²) in [7, 11) is 0. The third-order valence-electron chi connectivity index (χ3n) is 3.32. The minimum absolute atomic E-state index is 0.0647. The van der Waals surface area contributed by atoms with Crippen molar-refractivity contribution in [2.45, 2.75) is 24.5 Å². The number of aromatic nitrogens is 4. The van der Waals surface area contributed by atoms with Crippen LogP contribution < -0.4 is 11.4 Å². The van der Waals surface area contributed by atoms with Gasteiger partial charge in [-0.1, -0.05) is 0 Å². The molecule has 1 fully saturated rings. The molecule has 1 aliphatic heterocycles. The lowest BCUT2D eigenvalue weighted by atomic mass is 10.1. The van der Waals surface area contributed by atoms with Gasteiger partial charge >= 0.3 is 5.69 Å². The molecule has 0 spiro atoms. The zero-order chi connectivity index (χ0) is 15.3. The lowest BCUT2D eigenvalue weighted by molar-refractivity contribution is -0.0568. The van der Waals surface area contributed by atoms with E-state index in [4.69, 9.17) is 15.6 Å². The van der Waals surface area contributed by atoms with Gasteiger partial charge in [-0.15, -0.1) is 0 Å². The molecule has 0 unspecified atom stereocenters. The van der Waals surface area contributed by atoms with Gasteiger partial charge < -0.3 is 25.8 Å². The Balaban J connectivity index is 2.16. The smallest absolute Gasteiger partial charge is 0.348 e. The number of ether oxygens (including phenoxy) is 1. The number of nitrogen functional groups attached to an aromatic ring is 1. The Morgan fingerprint density at radius 3 is 2.76 bits per heavy atom. The van der Waals surface area contributed by atoms with Crippen LogP contribution >= 0.6 is 15.9 Å². The van der Waals surface area contributed by atoms with Gasteiger partial charge in [-0.25, -0.2) is 9.48 Å². The van der Waals surface area contributed by atoms with Crippen molar-refractivity contribution in [3.8, 4) is 0 Å². The number of hydrogen-bond donors (Lipinski definition) is 5. The number of anilines is 1. The fourth-order valence-corrected chi connectivity index (χ4v) is 2.86. The van der Waals surface area contributed by atoms with Crippen molar-refractivity contribution in [3.05, 3.63) is 15.1 Å². The van der Waals surface area contributed by atoms with Crippen LogP contribution in [0.1, 0.15) is 6.23 Å². The molecule has 0 bridgehead atoms. The second-order valence-electron chi connectivity index (χ2n) is 4.62. The fourth-order valence-electron chi connectivity index (χ4n) is 2.30. The summed E-state index contributed by atoms with van der Waals surface area (Å²) in [5, 5.41) is 33.3. The molecule has 1 aliphatic rings. The van der Waals surface area contributed by atoms with Gasteiger partial charge in [0.05, 0.1) is 12.0 Å². The number of rotatable bonds is 2. The maximum atomic E-state index is 11.5. The number of aliphatic hydroxyl groups excluding tert-OH is 3. The molecule has 2 aromatic heterocycles. The molecular weight excluding hydrogens is 350 g/mol. The molecule has 11 heteroatoms. The maximum Gasteiger partial charge on any atom is 0.348 e. The second-order valence-corrected chi connectivity index (χ2v) is 5.37. The lowest BCUT2D eigenvalue weighted by Crippen LogP contribution is -2.33. The van der Waals surface area contributed by atoms with E-state index < -0.39 is 36.8 Å². The largest absolute Gasteiger partial charge is 0.394 e. The number of nitrogens with zero attached hydrogens (tertiary/aromatic N) is 3. The van der Waals surface area contributed by atoms with Crippen LogP contribution in [0.25, 0.3) is 11.0 Å². The molecule has 0 amide bonds. The summed E-state index contributed by atoms with van der Waals surface area (Å²) in [6, 6.07) is 0. The number of fused-ring (bicyclic) bond motifs is 1. The van der Waals surface area contributed by atoms with Crippen LogP contribution in [0.5, 0.6) is 0 Å². The number of nitrogens with one attached hydrogen (secondary N) is 1. The molecule has 0 saturated carbocycles. The van der Waals surface area contributed by atoms with E-state index in [1.165, 1.54) is 0 Å². The van der Waals surface area contributed by atoms with E-state index in [-0.39, 0.29) is 11.5 Å². The summed E-state index contributed by atoms with van der Waals surface area (Å²) >= 11 is 3.18. The van der Waals surface area contributed by atoms with Crippen LogP contribution in [0.2, 0.25) is 0 Å². The first-order valence-electron chi connectivity index (χ1n) is 6.00. The molecule has 21 heavy (non-hydrogen) atoms. The summed E-state index contributed by atoms with van der Waals surface area (Å²) < 4.78 is 6.81. The first-order chi connectivity index (χ1) is 9.93. The zero-order valence-electron chi connectivity index (χ0n) is 10.5. The minimum Gasteiger partial charge on any atom is -0.394 e. The van der Waals surface area contributed by atoms with Gasteiger partial charge in [0.2, 0.25) is 0 Å². The van der Waals surface area contributed by atoms with Gasteiger partial charge in [0.25, 0.3) is 0 Å². The Hall–Kier alpha value is -1.53. The van der Waals surface area contributed by atoms with Crippen LogP contribution in [0.4, 0.5) is 5.82 Å². The number of hydrogen-bond acceptors (Lipinski definition) is 8. The second kappa shape index (κ2) is 5.03. The SMILES string of the molecule is Nc1[nH]c(=O)nc2c1c(Br)nn2[C@@H]1O[C@H](CO)[C@@H](O)[C@H]1O. The normalized spacial score (nSPS) is 29.3. The number of aromatic amines is 1. The van der Waals surface area contributed by atoms with E-state index in [1.807, 2.05) is 0 Å². The van der Waals surface area contributed by atoms with E-state index in [0.717, 1.165) is 4.68 Å². The van der Waals surface area contributed by atoms with Gasteiger partial charge in [0.15, 0.2) is 11.9 Å². The van der Waals surface area contributed by atoms with Gasteiger partial charge in [-0.2, -0.15) is 10.1 Å². The van der Waals surface area contributed by atoms with Crippen molar-refractivity contribution in [1.29, 1.82) is 0 Å². The molecule has 10 nitrogen and oxygen atoms in total. The van der Waals surface area contributed by atoms with Crippen molar-refractivity contribution in [1.82, 2.24) is 19.7 Å². The average Bonchev–Trinajstić information content (AvgIpc) is 2.89. The van der Waals surface area contributed by atoms with E-state index >= 15 is 0 Å². The Kier molecular flexibility index (Phi) is 3.45. The van der Waals surface area contributed by atoms with Gasteiger partial charge in [0, 0.05) is 0 Å². The maximum absolute atomic E-state index is 11.5. The number of aliphatic hydroxyl groups is 3. The van der Waals surface area contributed by atoms with Crippen LogP contribution in [-0.4, -0.2) is 60.0 Å². The fraction of sp³-hybridized carbons (Fsp3) is 0.500. The third-order valence-corrected chi connectivity index (χ3v) is 3.87. The van der Waals surface area contributed by atoms with Crippen LogP contribution in [-0.2, 0) is 4.74 Å². The van der Waals surface area contributed by atoms with Crippen molar-refractivity contribution >= 4 is 32.8 Å². The van der Waals surface area contributed by atoms with Crippen molar-refractivity contribution < 1.29 is 20.1 Å². The highest BCUT2D eigenvalue weighted by molar-refractivity contribution is 9.10. The number of H-pyrrole nitrogens is 1. The summed E-state index contributed by atoms with van der Waals surface area (Å²) in [6.07, 6.45) is -4.67. The van der Waals surface area contributed by atoms with Crippen molar-refractivity contribution in [2.24, 2.45) is 0 Å². The molecular formula is C10H12BrN5O5. The molecule has 6 N–H and O–H groups in total. The monoisotopic (exact) mass is 361 g/mol. The van der Waals surface area contributed by atoms with E-state index in [1.54, 1.807) is 0 Å². The standard InChI is InChI=1S/C10H12BrN5O5/c11-6-3-7(12)13-10(20)14-8(3)16(15-6)9-5(19)4(18)2(1-17)21-9/h2,4-5,9,17-19H,1H2,(H3,12,13,14,20)/t2-,4-,5-,9-/m1/s1. The molecule has 0 radical (unpaired) electrons. The lowest BCUT2D eigenvalue weighted by Gasteiger charge is -2.15. The van der Waals surface area contributed by atoms with E-state index in [0.29, 0.717) is 9.99 Å². The molecule has 1 saturated heterocycles. The van der Waals surface area contributed by atoms with Crippen LogP contribution in [0.3, 0.4) is 0 Å². The minimum atomic E-state index is -1.33. The first-order valence-corrected chi connectivity index (χ1v) is 6.79. The summed E-state index contributed by atoms with van der Waals surface area (Å²) in [5.41, 5.74) is 5.13. The number of nitrogens with two attached hydrogens (primary N) is 1. The molecule has 4 atom stereocenters. The highest BCUT2D eigenvalue weighted by Crippen LogP contribution is 2.33. The van der Waals surface area contributed by atoms with Crippen LogP contribution in [0, 0.1) is 0 Å². The molecule has 3 rings (SSSR count). The Labute approximate surface area is 125 Å². The predicted molar refractivity (Wildman–Crippen MR) is 73.3 cm³/mol. The molecule has 3 heterocycles. The van der Waals surface area contributed by atoms with E-state index in [2.05, 4.69) is 31.0 Å². The van der Waals surface area contributed by atoms with Gasteiger partial charge in [-0.05, 0) is 15.9 Å². The summed E-state index contributed by atoms with van der Waals surface area (Å²) in [4.78, 5) is 17.5. The molecule has 114 valence electrons. The Morgan fingerprint density at radius 2 is 2.14 bits per heavy atom. The van der Waals surface area contributed by atoms with Crippen molar-refractivity contribution in [2.75, 3.05) is 12.3 Å². The first kappa shape index (κ1) is 14.4. The van der Waals surface area contributed by atoms with Gasteiger partial charge in [0.1, 0.15) is 28.7 Å². The number of halogens is 1. The third kappa shape index (κ3) is 2.13. The highest BCUT2D eigenvalue weighted by Gasteiger charge is 2.44. The van der Waals surface area contributed by atoms with E-state index in [9.17, 15) is 15.0 Å². The Morgan fingerprint density at radius 1 is 1.43 bits per heavy atom. The van der Waals surface area contributed by atoms with Gasteiger partial charge in [-0.3, -0.25) is 4.98 Å². The quantitative estimate of drug-likeness (QED) is 0.413. The summed E-state index contributed by atoms with van der Waals surface area (Å²) in [6.45, 7) is -0.467. The summed E-state index contributed by atoms with van der Waals surface area (Å²) in [5.74, 6) is 0.0647. The average molecular weight is 362 g/mol. The highest BCUT2D eigenvalue weighted by atomic mass is 79.9.